The normalized spacial score (nSPS) is 9.83. The summed E-state index contributed by atoms with van der Waals surface area (Å²) in [7, 11) is 3.91. The Hall–Kier alpha value is -0.980. The number of hydrogen-bond acceptors (Lipinski definition) is 3. The van der Waals surface area contributed by atoms with Crippen molar-refractivity contribution in [3.8, 4) is 6.07 Å². The summed E-state index contributed by atoms with van der Waals surface area (Å²) in [6.07, 6.45) is 0. The Kier molecular flexibility index (Phi) is 3.15. The van der Waals surface area contributed by atoms with E-state index in [9.17, 15) is 0 Å². The van der Waals surface area contributed by atoms with Crippen molar-refractivity contribution in [1.29, 1.82) is 5.26 Å². The molecule has 0 saturated carbocycles. The van der Waals surface area contributed by atoms with Gasteiger partial charge in [-0.3, -0.25) is 4.31 Å². The van der Waals surface area contributed by atoms with Gasteiger partial charge in [-0.15, -0.1) is 0 Å². The summed E-state index contributed by atoms with van der Waals surface area (Å²) in [4.78, 5) is 1.00. The van der Waals surface area contributed by atoms with Crippen LogP contribution in [-0.2, 0) is 0 Å². The summed E-state index contributed by atoms with van der Waals surface area (Å²) in [6.45, 7) is 0. The molecule has 62 valence electrons. The lowest BCUT2D eigenvalue weighted by atomic mass is 10.2. The lowest BCUT2D eigenvalue weighted by Crippen LogP contribution is -1.99. The Morgan fingerprint density at radius 2 is 2.00 bits per heavy atom. The predicted molar refractivity (Wildman–Crippen MR) is 50.7 cm³/mol. The van der Waals surface area contributed by atoms with Crippen LogP contribution in [0.4, 0.5) is 0 Å². The molecule has 1 rings (SSSR count). The first-order chi connectivity index (χ1) is 5.74. The van der Waals surface area contributed by atoms with E-state index in [0.29, 0.717) is 0 Å². The molecule has 0 unspecified atom stereocenters. The third-order valence-electron chi connectivity index (χ3n) is 1.29. The van der Waals surface area contributed by atoms with Gasteiger partial charge in [-0.25, -0.2) is 0 Å². The molecule has 0 heterocycles. The van der Waals surface area contributed by atoms with E-state index < -0.39 is 0 Å². The number of benzene rings is 1. The lowest BCUT2D eigenvalue weighted by Gasteiger charge is -2.08. The number of nitrogens with zero attached hydrogens (tertiary/aromatic N) is 2. The first-order valence-corrected chi connectivity index (χ1v) is 4.36. The second-order valence-electron chi connectivity index (χ2n) is 2.51. The maximum Gasteiger partial charge on any atom is 0.100 e. The van der Waals surface area contributed by atoms with Gasteiger partial charge < -0.3 is 0 Å². The van der Waals surface area contributed by atoms with E-state index in [4.69, 9.17) is 5.26 Å². The van der Waals surface area contributed by atoms with Crippen LogP contribution < -0.4 is 0 Å². The molecule has 0 radical (unpaired) electrons. The van der Waals surface area contributed by atoms with Crippen LogP contribution in [0.5, 0.6) is 0 Å². The van der Waals surface area contributed by atoms with Crippen molar-refractivity contribution in [1.82, 2.24) is 4.31 Å². The predicted octanol–water partition coefficient (Wildman–Crippen LogP) is 2.13. The van der Waals surface area contributed by atoms with Gasteiger partial charge in [0.1, 0.15) is 6.07 Å². The maximum absolute atomic E-state index is 8.75. The number of nitriles is 1. The minimum absolute atomic E-state index is 0.733. The monoisotopic (exact) mass is 178 g/mol. The smallest absolute Gasteiger partial charge is 0.100 e. The van der Waals surface area contributed by atoms with Gasteiger partial charge >= 0.3 is 0 Å². The van der Waals surface area contributed by atoms with E-state index in [-0.39, 0.29) is 0 Å². The Morgan fingerprint density at radius 1 is 1.33 bits per heavy atom. The van der Waals surface area contributed by atoms with Gasteiger partial charge in [-0.2, -0.15) is 5.26 Å². The molecule has 0 N–H and O–H groups in total. The quantitative estimate of drug-likeness (QED) is 0.649. The Balaban J connectivity index is 2.91. The molecule has 0 spiro atoms. The van der Waals surface area contributed by atoms with Crippen LogP contribution in [0.1, 0.15) is 5.56 Å². The van der Waals surface area contributed by atoms with Crippen molar-refractivity contribution in [2.24, 2.45) is 0 Å². The molecule has 3 heteroatoms. The van der Waals surface area contributed by atoms with Crippen molar-refractivity contribution < 1.29 is 0 Å². The molecule has 0 saturated heterocycles. The molecule has 0 bridgehead atoms. The third kappa shape index (κ3) is 2.26. The van der Waals surface area contributed by atoms with Crippen molar-refractivity contribution in [3.05, 3.63) is 29.8 Å². The van der Waals surface area contributed by atoms with Gasteiger partial charge in [0, 0.05) is 4.90 Å². The largest absolute Gasteiger partial charge is 0.253 e. The highest BCUT2D eigenvalue weighted by Crippen LogP contribution is 2.22. The van der Waals surface area contributed by atoms with E-state index >= 15 is 0 Å². The molecule has 0 atom stereocenters. The highest BCUT2D eigenvalue weighted by Gasteiger charge is 2.01. The van der Waals surface area contributed by atoms with Crippen LogP contribution in [0.2, 0.25) is 0 Å². The highest BCUT2D eigenvalue weighted by atomic mass is 32.2. The zero-order valence-electron chi connectivity index (χ0n) is 7.11. The van der Waals surface area contributed by atoms with Gasteiger partial charge in [0.05, 0.1) is 5.56 Å². The van der Waals surface area contributed by atoms with Crippen LogP contribution in [0, 0.1) is 11.3 Å². The van der Waals surface area contributed by atoms with Crippen LogP contribution in [0.15, 0.2) is 29.2 Å². The van der Waals surface area contributed by atoms with Gasteiger partial charge in [0.2, 0.25) is 0 Å². The van der Waals surface area contributed by atoms with Crippen LogP contribution in [0.25, 0.3) is 0 Å². The molecule has 0 aliphatic rings. The zero-order valence-corrected chi connectivity index (χ0v) is 7.93. The minimum Gasteiger partial charge on any atom is -0.253 e. The molecule has 0 aromatic heterocycles. The van der Waals surface area contributed by atoms with Crippen molar-refractivity contribution in [2.75, 3.05) is 14.1 Å². The average Bonchev–Trinajstić information content (AvgIpc) is 2.04. The van der Waals surface area contributed by atoms with Crippen molar-refractivity contribution >= 4 is 11.9 Å². The molecule has 1 aromatic carbocycles. The highest BCUT2D eigenvalue weighted by molar-refractivity contribution is 7.97. The van der Waals surface area contributed by atoms with E-state index in [1.807, 2.05) is 42.7 Å². The third-order valence-corrected chi connectivity index (χ3v) is 2.21. The molecule has 1 aromatic rings. The average molecular weight is 178 g/mol. The van der Waals surface area contributed by atoms with E-state index in [1.54, 1.807) is 11.9 Å². The van der Waals surface area contributed by atoms with E-state index in [2.05, 4.69) is 6.07 Å². The standard InChI is InChI=1S/C9H10N2S/c1-11(2)12-9-6-4-3-5-8(9)7-10/h3-6H,1-2H3. The Bertz CT molecular complexity index is 302. The maximum atomic E-state index is 8.75. The molecule has 0 amide bonds. The molecular formula is C9H10N2S. The molecule has 0 aliphatic carbocycles. The Labute approximate surface area is 76.9 Å². The summed E-state index contributed by atoms with van der Waals surface area (Å²) in [6, 6.07) is 9.74. The van der Waals surface area contributed by atoms with Crippen molar-refractivity contribution in [2.45, 2.75) is 4.90 Å². The topological polar surface area (TPSA) is 27.0 Å². The van der Waals surface area contributed by atoms with Gasteiger partial charge in [-0.05, 0) is 38.2 Å². The van der Waals surface area contributed by atoms with Crippen LogP contribution in [-0.4, -0.2) is 18.4 Å². The second-order valence-corrected chi connectivity index (χ2v) is 3.86. The Morgan fingerprint density at radius 3 is 2.58 bits per heavy atom. The first-order valence-electron chi connectivity index (χ1n) is 3.58. The summed E-state index contributed by atoms with van der Waals surface area (Å²) < 4.78 is 1.97. The van der Waals surface area contributed by atoms with Crippen LogP contribution in [0.3, 0.4) is 0 Å². The summed E-state index contributed by atoms with van der Waals surface area (Å²) in [5.41, 5.74) is 0.733. The minimum atomic E-state index is 0.733. The molecule has 2 nitrogen and oxygen atoms in total. The molecule has 0 aliphatic heterocycles. The zero-order chi connectivity index (χ0) is 8.97. The first kappa shape index (κ1) is 9.11. The van der Waals surface area contributed by atoms with Crippen molar-refractivity contribution in [3.63, 3.8) is 0 Å². The summed E-state index contributed by atoms with van der Waals surface area (Å²) in [5, 5.41) is 8.75. The lowest BCUT2D eigenvalue weighted by molar-refractivity contribution is 0.702. The van der Waals surface area contributed by atoms with E-state index in [0.717, 1.165) is 10.5 Å². The van der Waals surface area contributed by atoms with Crippen LogP contribution >= 0.6 is 11.9 Å². The summed E-state index contributed by atoms with van der Waals surface area (Å²) in [5.74, 6) is 0. The fraction of sp³-hybridized carbons (Fsp3) is 0.222. The number of rotatable bonds is 2. The van der Waals surface area contributed by atoms with Gasteiger partial charge in [-0.1, -0.05) is 12.1 Å². The molecule has 12 heavy (non-hydrogen) atoms. The SMILES string of the molecule is CN(C)Sc1ccccc1C#N. The second kappa shape index (κ2) is 4.15. The number of hydrogen-bond donors (Lipinski definition) is 0. The van der Waals surface area contributed by atoms with Gasteiger partial charge in [0.25, 0.3) is 0 Å². The van der Waals surface area contributed by atoms with Gasteiger partial charge in [0.15, 0.2) is 0 Å². The summed E-state index contributed by atoms with van der Waals surface area (Å²) >= 11 is 1.56. The molecular weight excluding hydrogens is 168 g/mol. The fourth-order valence-electron chi connectivity index (χ4n) is 0.835. The van der Waals surface area contributed by atoms with E-state index in [1.165, 1.54) is 0 Å². The fourth-order valence-corrected chi connectivity index (χ4v) is 1.58. The molecule has 0 fully saturated rings.